The van der Waals surface area contributed by atoms with Gasteiger partial charge in [-0.3, -0.25) is 15.0 Å². The van der Waals surface area contributed by atoms with Crippen molar-refractivity contribution in [1.82, 2.24) is 16.0 Å². The maximum atomic E-state index is 10.6. The maximum absolute atomic E-state index is 10.6. The molecule has 45 heavy (non-hydrogen) atoms. The highest BCUT2D eigenvalue weighted by Crippen LogP contribution is 1.99. The predicted octanol–water partition coefficient (Wildman–Crippen LogP) is -7.72. The highest BCUT2D eigenvalue weighted by Gasteiger charge is 2.18. The molecule has 0 aromatic heterocycles. The van der Waals surface area contributed by atoms with E-state index in [2.05, 4.69) is 15.0 Å². The van der Waals surface area contributed by atoms with E-state index in [1.165, 1.54) is 0 Å². The number of aliphatic imine (C=N–C) groups is 3. The highest BCUT2D eigenvalue weighted by molar-refractivity contribution is 5.80. The average molecular weight is 652 g/mol. The average Bonchev–Trinajstić information content (AvgIpc) is 2.88. The number of nitrogens with zero attached hydrogens (tertiary/aromatic N) is 3. The van der Waals surface area contributed by atoms with E-state index in [1.54, 1.807) is 10.6 Å². The van der Waals surface area contributed by atoms with Gasteiger partial charge in [-0.2, -0.15) is 0 Å². The number of nitrogens with two attached hydrogens (primary N) is 6. The summed E-state index contributed by atoms with van der Waals surface area (Å²) in [7, 11) is 0. The molecule has 258 valence electrons. The number of carbonyl (C=O) groups is 6. The van der Waals surface area contributed by atoms with Gasteiger partial charge >= 0.3 is 18.0 Å². The predicted molar refractivity (Wildman–Crippen MR) is 150 cm³/mol. The van der Waals surface area contributed by atoms with Gasteiger partial charge in [-0.15, -0.1) is 0 Å². The lowest BCUT2D eigenvalue weighted by Crippen LogP contribution is -2.51. The van der Waals surface area contributed by atoms with Crippen molar-refractivity contribution >= 4 is 54.1 Å². The molecule has 3 amide bonds. The number of rotatable bonds is 18. The Bertz CT molecular complexity index is 914. The lowest BCUT2D eigenvalue weighted by atomic mass is 10.1. The van der Waals surface area contributed by atoms with Crippen LogP contribution < -0.4 is 65.7 Å². The first-order chi connectivity index (χ1) is 20.8. The van der Waals surface area contributed by atoms with Gasteiger partial charge in [-0.05, 0) is 38.5 Å². The molecule has 24 heteroatoms. The summed E-state index contributed by atoms with van der Waals surface area (Å²) >= 11 is 0. The fraction of sp³-hybridized carbons (Fsp3) is 0.571. The molecule has 0 fully saturated rings. The molecule has 0 aliphatic carbocycles. The standard InChI is InChI=1S/3C7H14N4O4/c3*8-6(9)10-3-1-2-4(5(12)13)11-7(14)15/h3*4,11H,1-3H2,(H,12,13)(H,14,15)(H4,8,9,10)/p-3. The highest BCUT2D eigenvalue weighted by atomic mass is 16.4. The second-order valence-electron chi connectivity index (χ2n) is 8.31. The van der Waals surface area contributed by atoms with Crippen molar-refractivity contribution in [2.45, 2.75) is 56.7 Å². The number of carboxylic acid groups (broad SMARTS) is 6. The van der Waals surface area contributed by atoms with E-state index in [-0.39, 0.29) is 56.8 Å². The maximum Gasteiger partial charge on any atom is 0.405 e. The molecular formula is C21H39N12O12-3. The van der Waals surface area contributed by atoms with Gasteiger partial charge in [-0.1, -0.05) is 0 Å². The Balaban J connectivity index is -0.000000588. The second-order valence-corrected chi connectivity index (χ2v) is 8.31. The van der Waals surface area contributed by atoms with Crippen LogP contribution in [0.1, 0.15) is 38.5 Å². The molecule has 3 atom stereocenters. The summed E-state index contributed by atoms with van der Waals surface area (Å²) in [6.45, 7) is 0.745. The Labute approximate surface area is 255 Å². The number of aliphatic carboxylic acids is 3. The Morgan fingerprint density at radius 3 is 1.07 bits per heavy atom. The summed E-state index contributed by atoms with van der Waals surface area (Å²) < 4.78 is 0. The fourth-order valence-corrected chi connectivity index (χ4v) is 2.71. The van der Waals surface area contributed by atoms with Gasteiger partial charge in [0, 0.05) is 19.6 Å². The lowest BCUT2D eigenvalue weighted by Gasteiger charge is -2.20. The normalized spacial score (nSPS) is 11.5. The van der Waals surface area contributed by atoms with E-state index in [4.69, 9.17) is 49.7 Å². The minimum atomic E-state index is -1.66. The van der Waals surface area contributed by atoms with Crippen molar-refractivity contribution in [3.05, 3.63) is 0 Å². The first-order valence-corrected chi connectivity index (χ1v) is 12.6. The fourth-order valence-electron chi connectivity index (χ4n) is 2.71. The molecule has 0 aliphatic heterocycles. The van der Waals surface area contributed by atoms with Crippen molar-refractivity contribution in [1.29, 1.82) is 0 Å². The van der Waals surface area contributed by atoms with E-state index in [1.807, 2.05) is 5.32 Å². The third-order valence-corrected chi connectivity index (χ3v) is 4.60. The largest absolute Gasteiger partial charge is 0.548 e. The summed E-state index contributed by atoms with van der Waals surface area (Å²) in [4.78, 5) is 72.7. The second kappa shape index (κ2) is 25.7. The molecule has 0 rings (SSSR count). The van der Waals surface area contributed by atoms with E-state index in [0.717, 1.165) is 0 Å². The van der Waals surface area contributed by atoms with Gasteiger partial charge in [0.05, 0.1) is 12.0 Å². The van der Waals surface area contributed by atoms with Crippen LogP contribution >= 0.6 is 0 Å². The SMILES string of the molecule is NC(N)=NCCCC(NC(=O)O)C(=O)O.NC(N)=NCCCC(NC(=O)[O-])C(=O)O.NC(N)=NCCCC(NC(=O)[O-])C(=O)[O-]. The Morgan fingerprint density at radius 2 is 0.822 bits per heavy atom. The molecule has 0 saturated carbocycles. The van der Waals surface area contributed by atoms with Crippen LogP contribution in [0.4, 0.5) is 14.4 Å². The van der Waals surface area contributed by atoms with Gasteiger partial charge in [0.2, 0.25) is 0 Å². The van der Waals surface area contributed by atoms with E-state index < -0.39 is 54.3 Å². The van der Waals surface area contributed by atoms with Gasteiger partial charge in [0.1, 0.15) is 24.3 Å². The van der Waals surface area contributed by atoms with Gasteiger partial charge < -0.3 is 95.4 Å². The number of carbonyl (C=O) groups excluding carboxylic acids is 3. The summed E-state index contributed by atoms with van der Waals surface area (Å²) in [6.07, 6.45) is -3.33. The molecule has 0 bridgehead atoms. The van der Waals surface area contributed by atoms with Gasteiger partial charge in [0.15, 0.2) is 17.9 Å². The van der Waals surface area contributed by atoms with Crippen LogP contribution in [-0.2, 0) is 14.4 Å². The number of carboxylic acids is 3. The first kappa shape index (κ1) is 43.5. The third kappa shape index (κ3) is 32.4. The number of hydrogen-bond donors (Lipinski definition) is 12. The topological polar surface area (TPSA) is 462 Å². The lowest BCUT2D eigenvalue weighted by molar-refractivity contribution is -0.310. The molecule has 0 saturated heterocycles. The molecule has 18 N–H and O–H groups in total. The molecule has 3 unspecified atom stereocenters. The van der Waals surface area contributed by atoms with Crippen LogP contribution in [0.25, 0.3) is 0 Å². The Morgan fingerprint density at radius 1 is 0.533 bits per heavy atom. The Kier molecular flexibility index (Phi) is 24.9. The van der Waals surface area contributed by atoms with Crippen molar-refractivity contribution in [3.63, 3.8) is 0 Å². The van der Waals surface area contributed by atoms with Crippen molar-refractivity contribution in [3.8, 4) is 0 Å². The minimum Gasteiger partial charge on any atom is -0.548 e. The molecular weight excluding hydrogens is 612 g/mol. The van der Waals surface area contributed by atoms with Gasteiger partial charge in [-0.25, -0.2) is 14.4 Å². The van der Waals surface area contributed by atoms with Crippen LogP contribution in [0.3, 0.4) is 0 Å². The van der Waals surface area contributed by atoms with Crippen molar-refractivity contribution in [2.75, 3.05) is 19.6 Å². The molecule has 0 heterocycles. The molecule has 0 spiro atoms. The van der Waals surface area contributed by atoms with Crippen LogP contribution in [0.2, 0.25) is 0 Å². The van der Waals surface area contributed by atoms with Crippen molar-refractivity contribution in [2.24, 2.45) is 49.4 Å². The summed E-state index contributed by atoms with van der Waals surface area (Å²) in [5, 5.41) is 61.5. The van der Waals surface area contributed by atoms with Crippen LogP contribution in [0.5, 0.6) is 0 Å². The van der Waals surface area contributed by atoms with E-state index in [9.17, 15) is 44.1 Å². The van der Waals surface area contributed by atoms with Crippen LogP contribution in [0, 0.1) is 0 Å². The number of nitrogens with one attached hydrogen (secondary N) is 3. The zero-order valence-corrected chi connectivity index (χ0v) is 23.9. The molecule has 0 aliphatic rings. The van der Waals surface area contributed by atoms with Gasteiger partial charge in [0.25, 0.3) is 0 Å². The molecule has 0 aromatic rings. The monoisotopic (exact) mass is 651 g/mol. The summed E-state index contributed by atoms with van der Waals surface area (Å²) in [5.41, 5.74) is 30.2. The summed E-state index contributed by atoms with van der Waals surface area (Å²) in [5.74, 6) is -4.26. The third-order valence-electron chi connectivity index (χ3n) is 4.60. The number of hydrogen-bond acceptors (Lipinski definition) is 12. The number of amides is 3. The Hall–Kier alpha value is -5.97. The molecule has 0 aromatic carbocycles. The quantitative estimate of drug-likeness (QED) is 0.0372. The van der Waals surface area contributed by atoms with Crippen LogP contribution in [0.15, 0.2) is 15.0 Å². The van der Waals surface area contributed by atoms with E-state index >= 15 is 0 Å². The van der Waals surface area contributed by atoms with Crippen LogP contribution in [-0.4, -0.2) is 107 Å². The smallest absolute Gasteiger partial charge is 0.405 e. The molecule has 0 radical (unpaired) electrons. The molecule has 24 nitrogen and oxygen atoms in total. The minimum absolute atomic E-state index is 0.0348. The zero-order chi connectivity index (χ0) is 35.5. The zero-order valence-electron chi connectivity index (χ0n) is 23.9. The van der Waals surface area contributed by atoms with E-state index in [0.29, 0.717) is 19.3 Å². The first-order valence-electron chi connectivity index (χ1n) is 12.6. The number of guanidine groups is 3. The summed E-state index contributed by atoms with van der Waals surface area (Å²) in [6, 6.07) is -3.62. The van der Waals surface area contributed by atoms with Crippen molar-refractivity contribution < 1.29 is 59.4 Å².